The van der Waals surface area contributed by atoms with Crippen molar-refractivity contribution in [2.45, 2.75) is 6.04 Å². The third-order valence-electron chi connectivity index (χ3n) is 0.662. The van der Waals surface area contributed by atoms with Crippen molar-refractivity contribution in [2.75, 3.05) is 12.0 Å². The minimum atomic E-state index is 0.176. The van der Waals surface area contributed by atoms with E-state index in [0.29, 0.717) is 0 Å². The van der Waals surface area contributed by atoms with E-state index in [-0.39, 0.29) is 6.04 Å². The van der Waals surface area contributed by atoms with Gasteiger partial charge in [-0.15, -0.1) is 6.58 Å². The molecule has 0 amide bonds. The number of thioether (sulfide) groups is 1. The van der Waals surface area contributed by atoms with Crippen LogP contribution in [-0.2, 0) is 0 Å². The van der Waals surface area contributed by atoms with E-state index < -0.39 is 0 Å². The molecule has 0 aromatic heterocycles. The zero-order valence-corrected chi connectivity index (χ0v) is 5.37. The molecule has 2 N–H and O–H groups in total. The molecule has 1 atom stereocenters. The lowest BCUT2D eigenvalue weighted by atomic mass is 10.4. The van der Waals surface area contributed by atoms with E-state index in [1.54, 1.807) is 17.8 Å². The van der Waals surface area contributed by atoms with Gasteiger partial charge in [0.25, 0.3) is 0 Å². The molecule has 0 radical (unpaired) electrons. The van der Waals surface area contributed by atoms with Gasteiger partial charge in [-0.2, -0.15) is 11.8 Å². The Hall–Kier alpha value is 0.0500. The summed E-state index contributed by atoms with van der Waals surface area (Å²) < 4.78 is 0. The van der Waals surface area contributed by atoms with E-state index in [2.05, 4.69) is 6.58 Å². The summed E-state index contributed by atoms with van der Waals surface area (Å²) in [6.45, 7) is 3.54. The summed E-state index contributed by atoms with van der Waals surface area (Å²) in [6.07, 6.45) is 3.79. The van der Waals surface area contributed by atoms with Crippen LogP contribution in [0.3, 0.4) is 0 Å². The van der Waals surface area contributed by atoms with Gasteiger partial charge >= 0.3 is 0 Å². The van der Waals surface area contributed by atoms with Gasteiger partial charge in [-0.3, -0.25) is 0 Å². The summed E-state index contributed by atoms with van der Waals surface area (Å²) in [5.74, 6) is 0.976. The van der Waals surface area contributed by atoms with Gasteiger partial charge in [0, 0.05) is 11.8 Å². The minimum absolute atomic E-state index is 0.176. The van der Waals surface area contributed by atoms with Crippen LogP contribution < -0.4 is 5.73 Å². The number of nitrogens with two attached hydrogens (primary N) is 1. The second-order valence-electron chi connectivity index (χ2n) is 1.35. The minimum Gasteiger partial charge on any atom is -0.324 e. The van der Waals surface area contributed by atoms with Gasteiger partial charge in [0.2, 0.25) is 0 Å². The molecule has 0 aliphatic rings. The molecule has 0 aliphatic heterocycles. The Morgan fingerprint density at radius 3 is 2.71 bits per heavy atom. The van der Waals surface area contributed by atoms with Crippen molar-refractivity contribution < 1.29 is 0 Å². The third-order valence-corrected chi connectivity index (χ3v) is 1.38. The average molecular weight is 117 g/mol. The third kappa shape index (κ3) is 3.89. The second kappa shape index (κ2) is 4.22. The Kier molecular flexibility index (Phi) is 4.25. The highest BCUT2D eigenvalue weighted by Gasteiger charge is 1.89. The van der Waals surface area contributed by atoms with Gasteiger partial charge < -0.3 is 5.73 Å². The van der Waals surface area contributed by atoms with Crippen LogP contribution >= 0.6 is 11.8 Å². The van der Waals surface area contributed by atoms with Crippen molar-refractivity contribution in [3.05, 3.63) is 12.7 Å². The maximum Gasteiger partial charge on any atom is 0.0313 e. The lowest BCUT2D eigenvalue weighted by molar-refractivity contribution is 0.945. The lowest BCUT2D eigenvalue weighted by Gasteiger charge is -1.99. The number of rotatable bonds is 3. The van der Waals surface area contributed by atoms with Crippen LogP contribution in [0.1, 0.15) is 0 Å². The zero-order chi connectivity index (χ0) is 5.70. The fourth-order valence-corrected chi connectivity index (χ4v) is 0.781. The first kappa shape index (κ1) is 7.05. The molecule has 2 heteroatoms. The van der Waals surface area contributed by atoms with Crippen LogP contribution in [-0.4, -0.2) is 18.1 Å². The van der Waals surface area contributed by atoms with Gasteiger partial charge in [0.15, 0.2) is 0 Å². The molecule has 0 bridgehead atoms. The molecule has 7 heavy (non-hydrogen) atoms. The van der Waals surface area contributed by atoms with E-state index in [1.165, 1.54) is 0 Å². The summed E-state index contributed by atoms with van der Waals surface area (Å²) in [4.78, 5) is 0. The smallest absolute Gasteiger partial charge is 0.0313 e. The molecule has 0 aromatic carbocycles. The largest absolute Gasteiger partial charge is 0.324 e. The maximum atomic E-state index is 5.44. The predicted molar refractivity (Wildman–Crippen MR) is 36.6 cm³/mol. The van der Waals surface area contributed by atoms with Gasteiger partial charge in [0.1, 0.15) is 0 Å². The van der Waals surface area contributed by atoms with Crippen molar-refractivity contribution in [3.8, 4) is 0 Å². The summed E-state index contributed by atoms with van der Waals surface area (Å²) >= 11 is 1.74. The van der Waals surface area contributed by atoms with Crippen LogP contribution in [0.5, 0.6) is 0 Å². The van der Waals surface area contributed by atoms with E-state index in [9.17, 15) is 0 Å². The highest BCUT2D eigenvalue weighted by molar-refractivity contribution is 7.98. The molecule has 0 spiro atoms. The van der Waals surface area contributed by atoms with Gasteiger partial charge in [-0.05, 0) is 6.26 Å². The molecule has 1 nitrogen and oxygen atoms in total. The molecule has 0 heterocycles. The van der Waals surface area contributed by atoms with Gasteiger partial charge in [0.05, 0.1) is 0 Å². The normalized spacial score (nSPS) is 13.4. The molecule has 0 saturated carbocycles. The van der Waals surface area contributed by atoms with E-state index in [1.807, 2.05) is 6.26 Å². The molecule has 0 aliphatic carbocycles. The van der Waals surface area contributed by atoms with Crippen molar-refractivity contribution in [2.24, 2.45) is 5.73 Å². The van der Waals surface area contributed by atoms with E-state index >= 15 is 0 Å². The lowest BCUT2D eigenvalue weighted by Crippen LogP contribution is -2.18. The maximum absolute atomic E-state index is 5.44. The van der Waals surface area contributed by atoms with Crippen LogP contribution in [0.4, 0.5) is 0 Å². The van der Waals surface area contributed by atoms with Crippen LogP contribution in [0.25, 0.3) is 0 Å². The highest BCUT2D eigenvalue weighted by Crippen LogP contribution is 1.93. The fraction of sp³-hybridized carbons (Fsp3) is 0.600. The van der Waals surface area contributed by atoms with Crippen LogP contribution in [0.2, 0.25) is 0 Å². The molecular weight excluding hydrogens is 106 g/mol. The van der Waals surface area contributed by atoms with Crippen molar-refractivity contribution in [3.63, 3.8) is 0 Å². The number of hydrogen-bond acceptors (Lipinski definition) is 2. The first-order chi connectivity index (χ1) is 3.31. The van der Waals surface area contributed by atoms with Crippen molar-refractivity contribution >= 4 is 11.8 Å². The topological polar surface area (TPSA) is 26.0 Å². The monoisotopic (exact) mass is 117 g/mol. The Bertz CT molecular complexity index is 54.0. The summed E-state index contributed by atoms with van der Waals surface area (Å²) in [5, 5.41) is 0. The predicted octanol–water partition coefficient (Wildman–Crippen LogP) is 0.863. The Balaban J connectivity index is 2.98. The summed E-state index contributed by atoms with van der Waals surface area (Å²) in [5.41, 5.74) is 5.44. The molecule has 0 aromatic rings. The highest BCUT2D eigenvalue weighted by atomic mass is 32.2. The molecular formula is C5H11NS. The summed E-state index contributed by atoms with van der Waals surface area (Å²) in [7, 11) is 0. The SMILES string of the molecule is C=CC(N)CSC. The molecule has 0 fully saturated rings. The van der Waals surface area contributed by atoms with Gasteiger partial charge in [-0.25, -0.2) is 0 Å². The first-order valence-electron chi connectivity index (χ1n) is 2.18. The van der Waals surface area contributed by atoms with Crippen LogP contribution in [0.15, 0.2) is 12.7 Å². The molecule has 42 valence electrons. The van der Waals surface area contributed by atoms with E-state index in [0.717, 1.165) is 5.75 Å². The Labute approximate surface area is 49.0 Å². The summed E-state index contributed by atoms with van der Waals surface area (Å²) in [6, 6.07) is 0.176. The van der Waals surface area contributed by atoms with Gasteiger partial charge in [-0.1, -0.05) is 6.08 Å². The van der Waals surface area contributed by atoms with E-state index in [4.69, 9.17) is 5.73 Å². The number of hydrogen-bond donors (Lipinski definition) is 1. The zero-order valence-electron chi connectivity index (χ0n) is 4.55. The first-order valence-corrected chi connectivity index (χ1v) is 3.57. The molecule has 1 unspecified atom stereocenters. The van der Waals surface area contributed by atoms with Crippen molar-refractivity contribution in [1.82, 2.24) is 0 Å². The van der Waals surface area contributed by atoms with Crippen LogP contribution in [0, 0.1) is 0 Å². The molecule has 0 rings (SSSR count). The average Bonchev–Trinajstić information content (AvgIpc) is 1.68. The fourth-order valence-electron chi connectivity index (χ4n) is 0.260. The molecule has 0 saturated heterocycles. The Morgan fingerprint density at radius 1 is 2.00 bits per heavy atom. The van der Waals surface area contributed by atoms with Crippen molar-refractivity contribution in [1.29, 1.82) is 0 Å². The standard InChI is InChI=1S/C5H11NS/c1-3-5(6)4-7-2/h3,5H,1,4,6H2,2H3. The second-order valence-corrected chi connectivity index (χ2v) is 2.27. The Morgan fingerprint density at radius 2 is 2.57 bits per heavy atom. The quantitative estimate of drug-likeness (QED) is 0.555.